The fraction of sp³-hybridized carbons (Fsp3) is 0.222. The second-order valence-electron chi connectivity index (χ2n) is 2.76. The molecule has 1 rings (SSSR count). The Morgan fingerprint density at radius 3 is 2.67 bits per heavy atom. The molecule has 1 aromatic rings. The molecule has 0 saturated carbocycles. The van der Waals surface area contributed by atoms with E-state index >= 15 is 0 Å². The van der Waals surface area contributed by atoms with Gasteiger partial charge >= 0.3 is 0 Å². The molecule has 0 bridgehead atoms. The van der Waals surface area contributed by atoms with E-state index in [1.54, 1.807) is 12.1 Å². The van der Waals surface area contributed by atoms with Crippen molar-refractivity contribution in [3.05, 3.63) is 26.7 Å². The number of carbonyl (C=O) groups is 1. The van der Waals surface area contributed by atoms with Crippen molar-refractivity contribution in [3.8, 4) is 5.75 Å². The van der Waals surface area contributed by atoms with Crippen LogP contribution < -0.4 is 10.5 Å². The molecular weight excluding hydrogens is 305 g/mol. The molecule has 3 nitrogen and oxygen atoms in total. The van der Waals surface area contributed by atoms with Gasteiger partial charge in [-0.2, -0.15) is 0 Å². The molecule has 0 heterocycles. The zero-order chi connectivity index (χ0) is 11.4. The van der Waals surface area contributed by atoms with Crippen LogP contribution in [0.1, 0.15) is 6.42 Å². The minimum absolute atomic E-state index is 0.143. The molecule has 1 amide bonds. The highest BCUT2D eigenvalue weighted by Gasteiger charge is 2.07. The molecule has 82 valence electrons. The third kappa shape index (κ3) is 3.89. The van der Waals surface area contributed by atoms with Gasteiger partial charge in [0.2, 0.25) is 5.91 Å². The van der Waals surface area contributed by atoms with Crippen LogP contribution in [0.4, 0.5) is 0 Å². The van der Waals surface area contributed by atoms with Gasteiger partial charge in [0.1, 0.15) is 5.75 Å². The van der Waals surface area contributed by atoms with E-state index < -0.39 is 5.91 Å². The van der Waals surface area contributed by atoms with Crippen molar-refractivity contribution in [2.75, 3.05) is 6.61 Å². The maximum absolute atomic E-state index is 10.5. The Bertz CT molecular complexity index is 385. The molecule has 2 N–H and O–H groups in total. The van der Waals surface area contributed by atoms with Gasteiger partial charge in [-0.1, -0.05) is 23.2 Å². The summed E-state index contributed by atoms with van der Waals surface area (Å²) in [6.45, 7) is 0.188. The van der Waals surface area contributed by atoms with Gasteiger partial charge in [-0.25, -0.2) is 0 Å². The summed E-state index contributed by atoms with van der Waals surface area (Å²) in [6, 6.07) is 3.21. The number of hydrogen-bond donors (Lipinski definition) is 1. The Kier molecular flexibility index (Phi) is 4.70. The second-order valence-corrected chi connectivity index (χ2v) is 4.43. The third-order valence-electron chi connectivity index (χ3n) is 1.58. The first-order valence-electron chi connectivity index (χ1n) is 4.06. The number of benzene rings is 1. The van der Waals surface area contributed by atoms with Gasteiger partial charge in [-0.15, -0.1) is 0 Å². The number of ether oxygens (including phenoxy) is 1. The predicted molar refractivity (Wildman–Crippen MR) is 63.5 cm³/mol. The Morgan fingerprint density at radius 1 is 1.40 bits per heavy atom. The molecule has 1 aromatic carbocycles. The topological polar surface area (TPSA) is 52.3 Å². The summed E-state index contributed by atoms with van der Waals surface area (Å²) < 4.78 is 5.94. The summed E-state index contributed by atoms with van der Waals surface area (Å²) in [7, 11) is 0. The summed E-state index contributed by atoms with van der Waals surface area (Å²) in [5.41, 5.74) is 4.96. The molecule has 0 aromatic heterocycles. The van der Waals surface area contributed by atoms with Gasteiger partial charge in [0.05, 0.1) is 23.1 Å². The lowest BCUT2D eigenvalue weighted by Crippen LogP contribution is -2.14. The van der Waals surface area contributed by atoms with E-state index in [1.165, 1.54) is 0 Å². The van der Waals surface area contributed by atoms with Crippen LogP contribution >= 0.6 is 39.1 Å². The average Bonchev–Trinajstić information content (AvgIpc) is 2.13. The molecule has 6 heteroatoms. The molecule has 15 heavy (non-hydrogen) atoms. The van der Waals surface area contributed by atoms with Crippen molar-refractivity contribution >= 4 is 45.0 Å². The van der Waals surface area contributed by atoms with Gasteiger partial charge < -0.3 is 10.5 Å². The van der Waals surface area contributed by atoms with Crippen LogP contribution in [0.5, 0.6) is 5.75 Å². The highest BCUT2D eigenvalue weighted by Crippen LogP contribution is 2.33. The van der Waals surface area contributed by atoms with Gasteiger partial charge in [-0.3, -0.25) is 4.79 Å². The minimum Gasteiger partial charge on any atom is -0.491 e. The van der Waals surface area contributed by atoms with Gasteiger partial charge in [0.25, 0.3) is 0 Å². The Morgan fingerprint density at radius 2 is 2.07 bits per heavy atom. The molecule has 0 atom stereocenters. The lowest BCUT2D eigenvalue weighted by molar-refractivity contribution is -0.118. The molecule has 0 unspecified atom stereocenters. The fourth-order valence-electron chi connectivity index (χ4n) is 0.877. The summed E-state index contributed by atoms with van der Waals surface area (Å²) in [6.07, 6.45) is 0.143. The van der Waals surface area contributed by atoms with Crippen molar-refractivity contribution in [1.82, 2.24) is 0 Å². The third-order valence-corrected chi connectivity index (χ3v) is 3.07. The van der Waals surface area contributed by atoms with Crippen molar-refractivity contribution in [2.45, 2.75) is 6.42 Å². The molecule has 0 aliphatic rings. The van der Waals surface area contributed by atoms with Crippen LogP contribution in [0.3, 0.4) is 0 Å². The highest BCUT2D eigenvalue weighted by molar-refractivity contribution is 9.10. The van der Waals surface area contributed by atoms with E-state index in [9.17, 15) is 4.79 Å². The average molecular weight is 313 g/mol. The first-order chi connectivity index (χ1) is 7.00. The summed E-state index contributed by atoms with van der Waals surface area (Å²) in [5.74, 6) is 0.0143. The summed E-state index contributed by atoms with van der Waals surface area (Å²) in [4.78, 5) is 10.5. The molecule has 0 aliphatic carbocycles. The van der Waals surface area contributed by atoms with E-state index in [0.29, 0.717) is 20.3 Å². The van der Waals surface area contributed by atoms with Gasteiger partial charge in [-0.05, 0) is 22.0 Å². The van der Waals surface area contributed by atoms with Crippen LogP contribution in [0.15, 0.2) is 16.6 Å². The first kappa shape index (κ1) is 12.6. The van der Waals surface area contributed by atoms with Gasteiger partial charge in [0, 0.05) is 10.5 Å². The predicted octanol–water partition coefficient (Wildman–Crippen LogP) is 3.01. The number of hydrogen-bond acceptors (Lipinski definition) is 2. The largest absolute Gasteiger partial charge is 0.491 e. The number of primary amides is 1. The zero-order valence-electron chi connectivity index (χ0n) is 7.60. The van der Waals surface area contributed by atoms with Crippen LogP contribution in [-0.2, 0) is 4.79 Å². The molecule has 0 fully saturated rings. The lowest BCUT2D eigenvalue weighted by atomic mass is 10.3. The van der Waals surface area contributed by atoms with Crippen LogP contribution in [0.2, 0.25) is 10.0 Å². The minimum atomic E-state index is -0.422. The molecule has 0 saturated heterocycles. The summed E-state index contributed by atoms with van der Waals surface area (Å²) in [5, 5.41) is 0.921. The Hall–Kier alpha value is -0.450. The maximum Gasteiger partial charge on any atom is 0.220 e. The monoisotopic (exact) mass is 311 g/mol. The van der Waals surface area contributed by atoms with E-state index in [4.69, 9.17) is 33.7 Å². The van der Waals surface area contributed by atoms with Crippen LogP contribution in [-0.4, -0.2) is 12.5 Å². The number of amides is 1. The van der Waals surface area contributed by atoms with Crippen LogP contribution in [0, 0.1) is 0 Å². The quantitative estimate of drug-likeness (QED) is 0.869. The van der Waals surface area contributed by atoms with E-state index in [2.05, 4.69) is 15.9 Å². The standard InChI is InChI=1S/C9H8BrCl2NO2/c10-5-3-7(12)8(4-6(5)11)15-2-1-9(13)14/h3-4H,1-2H2,(H2,13,14). The zero-order valence-corrected chi connectivity index (χ0v) is 10.7. The fourth-order valence-corrected chi connectivity index (χ4v) is 1.72. The molecule has 0 aliphatic heterocycles. The lowest BCUT2D eigenvalue weighted by Gasteiger charge is -2.08. The van der Waals surface area contributed by atoms with Crippen molar-refractivity contribution in [2.24, 2.45) is 5.73 Å². The molecule has 0 radical (unpaired) electrons. The second kappa shape index (κ2) is 5.58. The normalized spacial score (nSPS) is 10.1. The van der Waals surface area contributed by atoms with E-state index in [1.807, 2.05) is 0 Å². The number of carbonyl (C=O) groups excluding carboxylic acids is 1. The van der Waals surface area contributed by atoms with Crippen molar-refractivity contribution in [3.63, 3.8) is 0 Å². The Labute approximate surface area is 106 Å². The van der Waals surface area contributed by atoms with Gasteiger partial charge in [0.15, 0.2) is 0 Å². The maximum atomic E-state index is 10.5. The summed E-state index contributed by atoms with van der Waals surface area (Å²) >= 11 is 15.0. The SMILES string of the molecule is NC(=O)CCOc1cc(Cl)c(Br)cc1Cl. The van der Waals surface area contributed by atoms with E-state index in [-0.39, 0.29) is 13.0 Å². The molecule has 0 spiro atoms. The highest BCUT2D eigenvalue weighted by atomic mass is 79.9. The number of nitrogens with two attached hydrogens (primary N) is 1. The first-order valence-corrected chi connectivity index (χ1v) is 5.61. The van der Waals surface area contributed by atoms with Crippen molar-refractivity contribution in [1.29, 1.82) is 0 Å². The van der Waals surface area contributed by atoms with Crippen molar-refractivity contribution < 1.29 is 9.53 Å². The molecular formula is C9H8BrCl2NO2. The number of halogens is 3. The number of rotatable bonds is 4. The smallest absolute Gasteiger partial charge is 0.220 e. The van der Waals surface area contributed by atoms with Crippen LogP contribution in [0.25, 0.3) is 0 Å². The van der Waals surface area contributed by atoms with E-state index in [0.717, 1.165) is 0 Å². The Balaban J connectivity index is 2.69.